The number of rotatable bonds is 5. The normalized spacial score (nSPS) is 21.5. The number of hydrogen-bond acceptors (Lipinski definition) is 3. The number of carbonyl (C=O) groups is 2. The van der Waals surface area contributed by atoms with E-state index in [-0.39, 0.29) is 42.5 Å². The van der Waals surface area contributed by atoms with Crippen LogP contribution in [0.5, 0.6) is 0 Å². The molecule has 3 atom stereocenters. The topological polar surface area (TPSA) is 49.9 Å². The lowest BCUT2D eigenvalue weighted by molar-refractivity contribution is -0.143. The van der Waals surface area contributed by atoms with Gasteiger partial charge in [0, 0.05) is 44.9 Å². The predicted molar refractivity (Wildman–Crippen MR) is 130 cm³/mol. The standard InChI is InChI=1S/C28H29F7N2O3/c1-16(20-11-21(27(30,31)32)13-22(12-20)28(33,34)35)40-25-15-37(14-24(25)18-3-5-23(29)6-4-18)26(39)19-7-9-36(10-8-19)17(2)38/h3-6,11-13,16,19,24-25H,7-10,14-15H2,1-2H3/t16-,24+,25-/m1/s1. The average Bonchev–Trinajstić information content (AvgIpc) is 3.31. The van der Waals surface area contributed by atoms with Gasteiger partial charge in [0.05, 0.1) is 23.3 Å². The zero-order valence-corrected chi connectivity index (χ0v) is 21.9. The maximum Gasteiger partial charge on any atom is 0.416 e. The molecule has 2 aliphatic heterocycles. The van der Waals surface area contributed by atoms with E-state index in [1.807, 2.05) is 0 Å². The number of ether oxygens (including phenoxy) is 1. The first kappa shape index (κ1) is 29.8. The molecule has 5 nitrogen and oxygen atoms in total. The lowest BCUT2D eigenvalue weighted by Gasteiger charge is -2.32. The Bertz CT molecular complexity index is 1190. The largest absolute Gasteiger partial charge is 0.416 e. The zero-order valence-electron chi connectivity index (χ0n) is 21.9. The molecule has 0 bridgehead atoms. The van der Waals surface area contributed by atoms with Crippen molar-refractivity contribution in [1.82, 2.24) is 9.80 Å². The van der Waals surface area contributed by atoms with E-state index in [0.29, 0.717) is 43.6 Å². The molecule has 2 aromatic carbocycles. The number of amides is 2. The van der Waals surface area contributed by atoms with Crippen molar-refractivity contribution in [1.29, 1.82) is 0 Å². The summed E-state index contributed by atoms with van der Waals surface area (Å²) in [7, 11) is 0. The van der Waals surface area contributed by atoms with Gasteiger partial charge in [-0.3, -0.25) is 9.59 Å². The van der Waals surface area contributed by atoms with Gasteiger partial charge in [0.15, 0.2) is 0 Å². The van der Waals surface area contributed by atoms with Crippen molar-refractivity contribution >= 4 is 11.8 Å². The van der Waals surface area contributed by atoms with Crippen molar-refractivity contribution in [2.75, 3.05) is 26.2 Å². The fourth-order valence-corrected chi connectivity index (χ4v) is 5.38. The van der Waals surface area contributed by atoms with Crippen LogP contribution >= 0.6 is 0 Å². The highest BCUT2D eigenvalue weighted by Crippen LogP contribution is 2.40. The van der Waals surface area contributed by atoms with Crippen molar-refractivity contribution in [3.05, 3.63) is 70.5 Å². The third-order valence-corrected chi connectivity index (χ3v) is 7.62. The van der Waals surface area contributed by atoms with Gasteiger partial charge in [-0.25, -0.2) is 4.39 Å². The average molecular weight is 575 g/mol. The summed E-state index contributed by atoms with van der Waals surface area (Å²) in [5, 5.41) is 0. The molecule has 2 aliphatic rings. The van der Waals surface area contributed by atoms with Crippen LogP contribution in [0.1, 0.15) is 61.0 Å². The maximum absolute atomic E-state index is 13.6. The smallest absolute Gasteiger partial charge is 0.368 e. The van der Waals surface area contributed by atoms with Crippen molar-refractivity contribution in [3.8, 4) is 0 Å². The molecule has 0 unspecified atom stereocenters. The second-order valence-electron chi connectivity index (χ2n) is 10.3. The van der Waals surface area contributed by atoms with E-state index in [2.05, 4.69) is 0 Å². The van der Waals surface area contributed by atoms with Crippen molar-refractivity contribution in [2.24, 2.45) is 5.92 Å². The first-order valence-corrected chi connectivity index (χ1v) is 12.9. The van der Waals surface area contributed by atoms with Gasteiger partial charge in [-0.1, -0.05) is 12.1 Å². The van der Waals surface area contributed by atoms with Gasteiger partial charge in [-0.2, -0.15) is 26.3 Å². The number of nitrogens with zero attached hydrogens (tertiary/aromatic N) is 2. The first-order valence-electron chi connectivity index (χ1n) is 12.9. The molecule has 40 heavy (non-hydrogen) atoms. The van der Waals surface area contributed by atoms with Crippen LogP contribution in [0.15, 0.2) is 42.5 Å². The van der Waals surface area contributed by atoms with E-state index in [4.69, 9.17) is 4.74 Å². The molecule has 0 aliphatic carbocycles. The molecule has 4 rings (SSSR count). The molecule has 2 aromatic rings. The van der Waals surface area contributed by atoms with Crippen LogP contribution in [-0.4, -0.2) is 53.9 Å². The third kappa shape index (κ3) is 6.76. The molecule has 2 saturated heterocycles. The Kier molecular flexibility index (Phi) is 8.49. The summed E-state index contributed by atoms with van der Waals surface area (Å²) in [6.45, 7) is 3.94. The van der Waals surface area contributed by atoms with E-state index in [1.165, 1.54) is 38.1 Å². The van der Waals surface area contributed by atoms with Crippen LogP contribution < -0.4 is 0 Å². The molecule has 0 aromatic heterocycles. The minimum absolute atomic E-state index is 0.0588. The summed E-state index contributed by atoms with van der Waals surface area (Å²) in [5.74, 6) is -1.54. The fraction of sp³-hybridized carbons (Fsp3) is 0.500. The van der Waals surface area contributed by atoms with Gasteiger partial charge in [-0.05, 0) is 61.2 Å². The Hall–Kier alpha value is -3.15. The molecule has 12 heteroatoms. The molecule has 0 spiro atoms. The highest BCUT2D eigenvalue weighted by atomic mass is 19.4. The van der Waals surface area contributed by atoms with E-state index in [9.17, 15) is 40.3 Å². The second kappa shape index (κ2) is 11.4. The Labute approximate surface area is 226 Å². The number of alkyl halides is 6. The van der Waals surface area contributed by atoms with Crippen LogP contribution in [0.4, 0.5) is 30.7 Å². The fourth-order valence-electron chi connectivity index (χ4n) is 5.38. The third-order valence-electron chi connectivity index (χ3n) is 7.62. The minimum atomic E-state index is -5.00. The number of benzene rings is 2. The molecule has 2 fully saturated rings. The minimum Gasteiger partial charge on any atom is -0.368 e. The van der Waals surface area contributed by atoms with Crippen LogP contribution in [0.3, 0.4) is 0 Å². The summed E-state index contributed by atoms with van der Waals surface area (Å²) in [6.07, 6.45) is -11.0. The Morgan fingerprint density at radius 2 is 1.43 bits per heavy atom. The summed E-state index contributed by atoms with van der Waals surface area (Å²) >= 11 is 0. The summed E-state index contributed by atoms with van der Waals surface area (Å²) in [6, 6.07) is 6.84. The SMILES string of the molecule is CC(=O)N1CCC(C(=O)N2C[C@@H](O[C@H](C)c3cc(C(F)(F)F)cc(C(F)(F)F)c3)[C@H](c3ccc(F)cc3)C2)CC1. The van der Waals surface area contributed by atoms with E-state index in [0.717, 1.165) is 0 Å². The predicted octanol–water partition coefficient (Wildman–Crippen LogP) is 6.19. The van der Waals surface area contributed by atoms with Crippen LogP contribution in [0, 0.1) is 11.7 Å². The number of hydrogen-bond donors (Lipinski definition) is 0. The van der Waals surface area contributed by atoms with E-state index in [1.54, 1.807) is 9.80 Å². The van der Waals surface area contributed by atoms with Gasteiger partial charge in [0.25, 0.3) is 0 Å². The summed E-state index contributed by atoms with van der Waals surface area (Å²) < 4.78 is 100. The monoisotopic (exact) mass is 574 g/mol. The summed E-state index contributed by atoms with van der Waals surface area (Å²) in [4.78, 5) is 28.2. The Balaban J connectivity index is 1.58. The molecule has 218 valence electrons. The quantitative estimate of drug-likeness (QED) is 0.400. The molecular formula is C28H29F7N2O3. The molecule has 0 radical (unpaired) electrons. The van der Waals surface area contributed by atoms with Gasteiger partial charge in [-0.15, -0.1) is 0 Å². The van der Waals surface area contributed by atoms with Gasteiger partial charge < -0.3 is 14.5 Å². The molecular weight excluding hydrogens is 545 g/mol. The van der Waals surface area contributed by atoms with Crippen molar-refractivity contribution < 1.29 is 45.1 Å². The van der Waals surface area contributed by atoms with Crippen molar-refractivity contribution in [2.45, 2.75) is 57.2 Å². The van der Waals surface area contributed by atoms with Gasteiger partial charge >= 0.3 is 12.4 Å². The van der Waals surface area contributed by atoms with Gasteiger partial charge in [0.2, 0.25) is 11.8 Å². The van der Waals surface area contributed by atoms with Crippen molar-refractivity contribution in [3.63, 3.8) is 0 Å². The first-order chi connectivity index (χ1) is 18.6. The second-order valence-corrected chi connectivity index (χ2v) is 10.3. The van der Waals surface area contributed by atoms with Crippen LogP contribution in [-0.2, 0) is 26.7 Å². The lowest BCUT2D eigenvalue weighted by atomic mass is 9.94. The number of piperidine rings is 1. The number of likely N-dealkylation sites (tertiary alicyclic amines) is 2. The zero-order chi connectivity index (χ0) is 29.4. The van der Waals surface area contributed by atoms with E-state index < -0.39 is 47.4 Å². The molecule has 0 N–H and O–H groups in total. The molecule has 2 heterocycles. The molecule has 0 saturated carbocycles. The highest BCUT2D eigenvalue weighted by molar-refractivity contribution is 5.80. The van der Waals surface area contributed by atoms with E-state index >= 15 is 0 Å². The Morgan fingerprint density at radius 1 is 0.875 bits per heavy atom. The summed E-state index contributed by atoms with van der Waals surface area (Å²) in [5.41, 5.74) is -2.56. The molecule has 2 amide bonds. The number of carbonyl (C=O) groups excluding carboxylic acids is 2. The maximum atomic E-state index is 13.6. The van der Waals surface area contributed by atoms with Gasteiger partial charge in [0.1, 0.15) is 5.82 Å². The highest BCUT2D eigenvalue weighted by Gasteiger charge is 2.42. The van der Waals surface area contributed by atoms with Crippen LogP contribution in [0.25, 0.3) is 0 Å². The number of halogens is 7. The van der Waals surface area contributed by atoms with Crippen LogP contribution in [0.2, 0.25) is 0 Å². The Morgan fingerprint density at radius 3 is 1.93 bits per heavy atom. The lowest BCUT2D eigenvalue weighted by Crippen LogP contribution is -2.43.